The third-order valence-electron chi connectivity index (χ3n) is 3.79. The Hall–Kier alpha value is -1.45. The van der Waals surface area contributed by atoms with Gasteiger partial charge in [-0.15, -0.1) is 0 Å². The summed E-state index contributed by atoms with van der Waals surface area (Å²) in [6.45, 7) is 3.63. The second kappa shape index (κ2) is 5.74. The molecule has 1 atom stereocenters. The van der Waals surface area contributed by atoms with Crippen molar-refractivity contribution in [3.05, 3.63) is 11.3 Å². The predicted molar refractivity (Wildman–Crippen MR) is 75.7 cm³/mol. The lowest BCUT2D eigenvalue weighted by atomic mass is 10.1. The van der Waals surface area contributed by atoms with Crippen molar-refractivity contribution < 1.29 is 18.3 Å². The number of sulfonamides is 1. The van der Waals surface area contributed by atoms with Crippen LogP contribution < -0.4 is 0 Å². The molecule has 1 aromatic heterocycles. The molecule has 1 aliphatic heterocycles. The van der Waals surface area contributed by atoms with E-state index in [2.05, 4.69) is 15.1 Å². The number of aromatic amines is 1. The number of H-pyrrole nitrogens is 1. The van der Waals surface area contributed by atoms with Crippen molar-refractivity contribution >= 4 is 16.0 Å². The van der Waals surface area contributed by atoms with Crippen LogP contribution in [0, 0.1) is 12.8 Å². The molecule has 0 saturated carbocycles. The highest BCUT2D eigenvalue weighted by Crippen LogP contribution is 2.22. The van der Waals surface area contributed by atoms with Gasteiger partial charge < -0.3 is 10.0 Å². The van der Waals surface area contributed by atoms with Crippen LogP contribution in [0.1, 0.15) is 22.5 Å². The van der Waals surface area contributed by atoms with Crippen molar-refractivity contribution in [1.82, 2.24) is 19.4 Å². The average molecular weight is 316 g/mol. The molecule has 9 heteroatoms. The molecule has 2 rings (SSSR count). The molecule has 0 aromatic carbocycles. The maximum absolute atomic E-state index is 12.5. The highest BCUT2D eigenvalue weighted by molar-refractivity contribution is 7.89. The van der Waals surface area contributed by atoms with Crippen molar-refractivity contribution in [1.29, 1.82) is 0 Å². The zero-order valence-corrected chi connectivity index (χ0v) is 13.1. The molecule has 1 fully saturated rings. The van der Waals surface area contributed by atoms with Gasteiger partial charge in [0, 0.05) is 25.8 Å². The second-order valence-electron chi connectivity index (χ2n) is 5.54. The SMILES string of the molecule is Cc1[nH]nc(S(=O)(=O)N(C)CC2CCN(C)C2)c1C(=O)O. The molecule has 0 aliphatic carbocycles. The number of nitrogens with zero attached hydrogens (tertiary/aromatic N) is 3. The Balaban J connectivity index is 2.23. The lowest BCUT2D eigenvalue weighted by molar-refractivity contribution is 0.0691. The zero-order valence-electron chi connectivity index (χ0n) is 12.3. The summed E-state index contributed by atoms with van der Waals surface area (Å²) in [7, 11) is -0.451. The van der Waals surface area contributed by atoms with E-state index >= 15 is 0 Å². The third-order valence-corrected chi connectivity index (χ3v) is 5.54. The number of hydrogen-bond donors (Lipinski definition) is 2. The minimum atomic E-state index is -3.91. The summed E-state index contributed by atoms with van der Waals surface area (Å²) in [5.74, 6) is -1.04. The minimum Gasteiger partial charge on any atom is -0.478 e. The average Bonchev–Trinajstić information content (AvgIpc) is 2.95. The molecular formula is C12H20N4O4S. The number of aromatic nitrogens is 2. The van der Waals surface area contributed by atoms with Crippen molar-refractivity contribution in [3.8, 4) is 0 Å². The van der Waals surface area contributed by atoms with E-state index in [1.54, 1.807) is 0 Å². The number of rotatable bonds is 5. The van der Waals surface area contributed by atoms with E-state index in [9.17, 15) is 13.2 Å². The maximum atomic E-state index is 12.5. The van der Waals surface area contributed by atoms with Gasteiger partial charge in [-0.2, -0.15) is 9.40 Å². The summed E-state index contributed by atoms with van der Waals surface area (Å²) in [4.78, 5) is 13.4. The van der Waals surface area contributed by atoms with E-state index < -0.39 is 21.0 Å². The molecule has 8 nitrogen and oxygen atoms in total. The van der Waals surface area contributed by atoms with Crippen LogP contribution in [0.15, 0.2) is 5.03 Å². The van der Waals surface area contributed by atoms with Crippen LogP contribution in [0.25, 0.3) is 0 Å². The molecule has 2 N–H and O–H groups in total. The summed E-state index contributed by atoms with van der Waals surface area (Å²) < 4.78 is 26.2. The van der Waals surface area contributed by atoms with Crippen molar-refractivity contribution in [2.24, 2.45) is 5.92 Å². The quantitative estimate of drug-likeness (QED) is 0.791. The largest absolute Gasteiger partial charge is 0.478 e. The molecule has 1 aliphatic rings. The van der Waals surface area contributed by atoms with Gasteiger partial charge in [-0.25, -0.2) is 13.2 Å². The van der Waals surface area contributed by atoms with Gasteiger partial charge in [-0.1, -0.05) is 0 Å². The van der Waals surface area contributed by atoms with Gasteiger partial charge in [0.15, 0.2) is 0 Å². The van der Waals surface area contributed by atoms with Gasteiger partial charge in [0.2, 0.25) is 5.03 Å². The molecule has 0 spiro atoms. The first kappa shape index (κ1) is 15.9. The Morgan fingerprint density at radius 2 is 2.24 bits per heavy atom. The minimum absolute atomic E-state index is 0.232. The van der Waals surface area contributed by atoms with E-state index in [1.807, 2.05) is 7.05 Å². The lowest BCUT2D eigenvalue weighted by Crippen LogP contribution is -2.33. The smallest absolute Gasteiger partial charge is 0.340 e. The highest BCUT2D eigenvalue weighted by atomic mass is 32.2. The molecule has 1 aromatic rings. The normalized spacial score (nSPS) is 20.3. The van der Waals surface area contributed by atoms with E-state index in [0.717, 1.165) is 19.5 Å². The van der Waals surface area contributed by atoms with Crippen LogP contribution >= 0.6 is 0 Å². The number of aromatic carboxylic acids is 1. The van der Waals surface area contributed by atoms with E-state index in [1.165, 1.54) is 18.3 Å². The molecule has 21 heavy (non-hydrogen) atoms. The standard InChI is InChI=1S/C12H20N4O4S/c1-8-10(12(17)18)11(14-13-8)21(19,20)16(3)7-9-4-5-15(2)6-9/h9H,4-7H2,1-3H3,(H,13,14)(H,17,18). The first-order valence-corrected chi connectivity index (χ1v) is 8.10. The van der Waals surface area contributed by atoms with Gasteiger partial charge in [0.05, 0.1) is 0 Å². The van der Waals surface area contributed by atoms with Gasteiger partial charge in [-0.05, 0) is 32.9 Å². The fourth-order valence-corrected chi connectivity index (χ4v) is 3.99. The number of hydrogen-bond acceptors (Lipinski definition) is 5. The van der Waals surface area contributed by atoms with E-state index in [-0.39, 0.29) is 17.2 Å². The Kier molecular flexibility index (Phi) is 4.35. The number of likely N-dealkylation sites (tertiary alicyclic amines) is 1. The number of aryl methyl sites for hydroxylation is 1. The van der Waals surface area contributed by atoms with Crippen LogP contribution in [0.2, 0.25) is 0 Å². The van der Waals surface area contributed by atoms with Crippen LogP contribution in [0.3, 0.4) is 0 Å². The Bertz CT molecular complexity index is 640. The highest BCUT2D eigenvalue weighted by Gasteiger charge is 2.33. The maximum Gasteiger partial charge on any atom is 0.340 e. The Morgan fingerprint density at radius 3 is 2.76 bits per heavy atom. The zero-order chi connectivity index (χ0) is 15.8. The van der Waals surface area contributed by atoms with Gasteiger partial charge in [0.1, 0.15) is 5.56 Å². The Morgan fingerprint density at radius 1 is 1.57 bits per heavy atom. The summed E-state index contributed by atoms with van der Waals surface area (Å²) in [5, 5.41) is 14.8. The first-order valence-electron chi connectivity index (χ1n) is 6.66. The number of nitrogens with one attached hydrogen (secondary N) is 1. The van der Waals surface area contributed by atoms with Crippen LogP contribution in [-0.2, 0) is 10.0 Å². The molecule has 0 amide bonds. The summed E-state index contributed by atoms with van der Waals surface area (Å²) >= 11 is 0. The van der Waals surface area contributed by atoms with Crippen molar-refractivity contribution in [2.75, 3.05) is 33.7 Å². The van der Waals surface area contributed by atoms with E-state index in [4.69, 9.17) is 5.11 Å². The number of carbonyl (C=O) groups is 1. The monoisotopic (exact) mass is 316 g/mol. The fraction of sp³-hybridized carbons (Fsp3) is 0.667. The van der Waals surface area contributed by atoms with Crippen molar-refractivity contribution in [2.45, 2.75) is 18.4 Å². The molecule has 2 heterocycles. The van der Waals surface area contributed by atoms with Crippen LogP contribution in [0.5, 0.6) is 0 Å². The summed E-state index contributed by atoms with van der Waals surface area (Å²) in [5.41, 5.74) is -0.0551. The van der Waals surface area contributed by atoms with Crippen molar-refractivity contribution in [3.63, 3.8) is 0 Å². The Labute approximate surface area is 123 Å². The topological polar surface area (TPSA) is 107 Å². The number of carboxylic acid groups (broad SMARTS) is 1. The molecule has 1 saturated heterocycles. The van der Waals surface area contributed by atoms with Gasteiger partial charge in [0.25, 0.3) is 10.0 Å². The summed E-state index contributed by atoms with van der Waals surface area (Å²) in [6.07, 6.45) is 0.932. The lowest BCUT2D eigenvalue weighted by Gasteiger charge is -2.20. The predicted octanol–water partition coefficient (Wildman–Crippen LogP) is -0.0115. The first-order chi connectivity index (χ1) is 9.73. The molecule has 0 bridgehead atoms. The van der Waals surface area contributed by atoms with Gasteiger partial charge in [-0.3, -0.25) is 5.10 Å². The van der Waals surface area contributed by atoms with Crippen LogP contribution in [0.4, 0.5) is 0 Å². The molecule has 118 valence electrons. The van der Waals surface area contributed by atoms with Crippen LogP contribution in [-0.4, -0.2) is 72.6 Å². The summed E-state index contributed by atoms with van der Waals surface area (Å²) in [6, 6.07) is 0. The fourth-order valence-electron chi connectivity index (χ4n) is 2.63. The molecular weight excluding hydrogens is 296 g/mol. The van der Waals surface area contributed by atoms with Gasteiger partial charge >= 0.3 is 5.97 Å². The molecule has 0 radical (unpaired) electrons. The van der Waals surface area contributed by atoms with E-state index in [0.29, 0.717) is 6.54 Å². The number of carboxylic acids is 1. The third kappa shape index (κ3) is 3.09. The molecule has 1 unspecified atom stereocenters. The second-order valence-corrected chi connectivity index (χ2v) is 7.50.